The summed E-state index contributed by atoms with van der Waals surface area (Å²) in [6.07, 6.45) is 0. The molecule has 0 fully saturated rings. The molecule has 26 heavy (non-hydrogen) atoms. The number of methoxy groups -OCH3 is 1. The van der Waals surface area contributed by atoms with Crippen molar-refractivity contribution in [3.8, 4) is 5.75 Å². The van der Waals surface area contributed by atoms with Gasteiger partial charge in [0.25, 0.3) is 0 Å². The smallest absolute Gasteiger partial charge is 0.229 e. The Morgan fingerprint density at radius 1 is 1.00 bits per heavy atom. The molecule has 0 unspecified atom stereocenters. The molecule has 1 aromatic heterocycles. The highest BCUT2D eigenvalue weighted by molar-refractivity contribution is 6.35. The Hall–Kier alpha value is -2.50. The van der Waals surface area contributed by atoms with Gasteiger partial charge in [0.15, 0.2) is 0 Å². The van der Waals surface area contributed by atoms with Gasteiger partial charge in [-0.3, -0.25) is 0 Å². The molecule has 3 aromatic rings. The van der Waals surface area contributed by atoms with Crippen molar-refractivity contribution in [2.75, 3.05) is 17.7 Å². The zero-order valence-electron chi connectivity index (χ0n) is 14.4. The van der Waals surface area contributed by atoms with Crippen molar-refractivity contribution in [3.05, 3.63) is 69.8 Å². The van der Waals surface area contributed by atoms with E-state index in [-0.39, 0.29) is 0 Å². The average molecular weight is 389 g/mol. The van der Waals surface area contributed by atoms with Crippen molar-refractivity contribution in [2.45, 2.75) is 13.5 Å². The molecule has 3 rings (SSSR count). The van der Waals surface area contributed by atoms with Gasteiger partial charge in [-0.1, -0.05) is 35.3 Å². The van der Waals surface area contributed by atoms with E-state index in [1.54, 1.807) is 25.3 Å². The minimum atomic E-state index is 0.450. The van der Waals surface area contributed by atoms with Gasteiger partial charge < -0.3 is 15.4 Å². The predicted octanol–water partition coefficient (Wildman–Crippen LogP) is 5.46. The van der Waals surface area contributed by atoms with E-state index >= 15 is 0 Å². The van der Waals surface area contributed by atoms with Crippen molar-refractivity contribution in [1.82, 2.24) is 9.97 Å². The van der Waals surface area contributed by atoms with Crippen LogP contribution < -0.4 is 15.4 Å². The molecule has 0 aliphatic heterocycles. The molecular formula is C19H18Cl2N4O. The molecule has 0 radical (unpaired) electrons. The molecule has 1 heterocycles. The third-order valence-electron chi connectivity index (χ3n) is 3.66. The Balaban J connectivity index is 1.73. The van der Waals surface area contributed by atoms with Crippen LogP contribution in [0.2, 0.25) is 10.0 Å². The summed E-state index contributed by atoms with van der Waals surface area (Å²) in [5, 5.41) is 7.55. The summed E-state index contributed by atoms with van der Waals surface area (Å²) in [4.78, 5) is 8.89. The second kappa shape index (κ2) is 8.25. The SMILES string of the molecule is COc1ccc(CNc2cc(C)nc(Nc3cc(Cl)ccc3Cl)n2)cc1. The number of halogens is 2. The molecule has 0 saturated heterocycles. The maximum Gasteiger partial charge on any atom is 0.229 e. The van der Waals surface area contributed by atoms with E-state index in [0.717, 1.165) is 17.0 Å². The van der Waals surface area contributed by atoms with Gasteiger partial charge in [0, 0.05) is 23.3 Å². The maximum absolute atomic E-state index is 6.19. The molecule has 0 aliphatic carbocycles. The van der Waals surface area contributed by atoms with Crippen LogP contribution in [-0.2, 0) is 6.54 Å². The molecule has 0 saturated carbocycles. The minimum absolute atomic E-state index is 0.450. The first-order valence-corrected chi connectivity index (χ1v) is 8.73. The van der Waals surface area contributed by atoms with Crippen LogP contribution in [0.3, 0.4) is 0 Å². The van der Waals surface area contributed by atoms with Crippen LogP contribution in [0, 0.1) is 6.92 Å². The monoisotopic (exact) mass is 388 g/mol. The molecule has 0 amide bonds. The summed E-state index contributed by atoms with van der Waals surface area (Å²) in [5.41, 5.74) is 2.61. The highest BCUT2D eigenvalue weighted by Crippen LogP contribution is 2.27. The van der Waals surface area contributed by atoms with Gasteiger partial charge in [-0.25, -0.2) is 4.98 Å². The van der Waals surface area contributed by atoms with E-state index in [2.05, 4.69) is 20.6 Å². The van der Waals surface area contributed by atoms with Crippen LogP contribution in [-0.4, -0.2) is 17.1 Å². The highest BCUT2D eigenvalue weighted by atomic mass is 35.5. The topological polar surface area (TPSA) is 59.1 Å². The minimum Gasteiger partial charge on any atom is -0.497 e. The number of benzene rings is 2. The number of aromatic nitrogens is 2. The number of anilines is 3. The number of nitrogens with one attached hydrogen (secondary N) is 2. The zero-order chi connectivity index (χ0) is 18.5. The highest BCUT2D eigenvalue weighted by Gasteiger charge is 2.07. The molecule has 0 spiro atoms. The lowest BCUT2D eigenvalue weighted by atomic mass is 10.2. The zero-order valence-corrected chi connectivity index (χ0v) is 15.9. The second-order valence-electron chi connectivity index (χ2n) is 5.67. The van der Waals surface area contributed by atoms with Gasteiger partial charge in [0.2, 0.25) is 5.95 Å². The molecule has 2 aromatic carbocycles. The van der Waals surface area contributed by atoms with Crippen LogP contribution >= 0.6 is 23.2 Å². The normalized spacial score (nSPS) is 10.5. The standard InChI is InChI=1S/C19H18Cl2N4O/c1-12-9-18(22-11-13-3-6-15(26-2)7-4-13)25-19(23-12)24-17-10-14(20)5-8-16(17)21/h3-10H,11H2,1-2H3,(H2,22,23,24,25). The van der Waals surface area contributed by atoms with Crippen molar-refractivity contribution in [3.63, 3.8) is 0 Å². The Morgan fingerprint density at radius 2 is 1.77 bits per heavy atom. The van der Waals surface area contributed by atoms with E-state index in [4.69, 9.17) is 27.9 Å². The summed E-state index contributed by atoms with van der Waals surface area (Å²) in [7, 11) is 1.65. The van der Waals surface area contributed by atoms with Crippen LogP contribution in [0.4, 0.5) is 17.5 Å². The Morgan fingerprint density at radius 3 is 2.50 bits per heavy atom. The van der Waals surface area contributed by atoms with Gasteiger partial charge in [0.1, 0.15) is 11.6 Å². The van der Waals surface area contributed by atoms with Crippen LogP contribution in [0.15, 0.2) is 48.5 Å². The lowest BCUT2D eigenvalue weighted by Gasteiger charge is -2.11. The lowest BCUT2D eigenvalue weighted by Crippen LogP contribution is -2.05. The van der Waals surface area contributed by atoms with Gasteiger partial charge in [0.05, 0.1) is 17.8 Å². The molecule has 134 valence electrons. The van der Waals surface area contributed by atoms with Gasteiger partial charge in [-0.05, 0) is 42.8 Å². The Labute approximate surface area is 162 Å². The molecule has 0 atom stereocenters. The van der Waals surface area contributed by atoms with E-state index in [9.17, 15) is 0 Å². The molecular weight excluding hydrogens is 371 g/mol. The van der Waals surface area contributed by atoms with Gasteiger partial charge in [-0.2, -0.15) is 4.98 Å². The third kappa shape index (κ3) is 4.77. The number of hydrogen-bond acceptors (Lipinski definition) is 5. The predicted molar refractivity (Wildman–Crippen MR) is 107 cm³/mol. The summed E-state index contributed by atoms with van der Waals surface area (Å²) < 4.78 is 5.17. The molecule has 0 aliphatic rings. The van der Waals surface area contributed by atoms with E-state index in [1.807, 2.05) is 37.3 Å². The van der Waals surface area contributed by atoms with Crippen LogP contribution in [0.25, 0.3) is 0 Å². The second-order valence-corrected chi connectivity index (χ2v) is 6.51. The number of aryl methyl sites for hydroxylation is 1. The first-order valence-electron chi connectivity index (χ1n) is 7.98. The molecule has 2 N–H and O–H groups in total. The summed E-state index contributed by atoms with van der Waals surface area (Å²) in [6.45, 7) is 2.54. The van der Waals surface area contributed by atoms with Crippen LogP contribution in [0.5, 0.6) is 5.75 Å². The number of hydrogen-bond donors (Lipinski definition) is 2. The van der Waals surface area contributed by atoms with Gasteiger partial charge in [-0.15, -0.1) is 0 Å². The first-order chi connectivity index (χ1) is 12.5. The van der Waals surface area contributed by atoms with Gasteiger partial charge >= 0.3 is 0 Å². The maximum atomic E-state index is 6.19. The Kier molecular flexibility index (Phi) is 5.81. The Bertz CT molecular complexity index is 901. The summed E-state index contributed by atoms with van der Waals surface area (Å²) >= 11 is 12.2. The fourth-order valence-electron chi connectivity index (χ4n) is 2.36. The number of ether oxygens (including phenoxy) is 1. The fraction of sp³-hybridized carbons (Fsp3) is 0.158. The molecule has 0 bridgehead atoms. The summed E-state index contributed by atoms with van der Waals surface area (Å²) in [5.74, 6) is 2.00. The molecule has 5 nitrogen and oxygen atoms in total. The number of rotatable bonds is 6. The van der Waals surface area contributed by atoms with Crippen molar-refractivity contribution < 1.29 is 4.74 Å². The summed E-state index contributed by atoms with van der Waals surface area (Å²) in [6, 6.07) is 14.9. The van der Waals surface area contributed by atoms with Crippen molar-refractivity contribution in [2.24, 2.45) is 0 Å². The van der Waals surface area contributed by atoms with E-state index in [0.29, 0.717) is 34.0 Å². The van der Waals surface area contributed by atoms with Crippen molar-refractivity contribution >= 4 is 40.7 Å². The molecule has 7 heteroatoms. The van der Waals surface area contributed by atoms with E-state index < -0.39 is 0 Å². The van der Waals surface area contributed by atoms with Crippen LogP contribution in [0.1, 0.15) is 11.3 Å². The largest absolute Gasteiger partial charge is 0.497 e. The van der Waals surface area contributed by atoms with E-state index in [1.165, 1.54) is 0 Å². The third-order valence-corrected chi connectivity index (χ3v) is 4.23. The lowest BCUT2D eigenvalue weighted by molar-refractivity contribution is 0.414. The van der Waals surface area contributed by atoms with Crippen molar-refractivity contribution in [1.29, 1.82) is 0 Å². The quantitative estimate of drug-likeness (QED) is 0.587. The first kappa shape index (κ1) is 18.3. The average Bonchev–Trinajstić information content (AvgIpc) is 2.63. The fourth-order valence-corrected chi connectivity index (χ4v) is 2.70. The number of nitrogens with zero attached hydrogens (tertiary/aromatic N) is 2.